The monoisotopic (exact) mass is 451 g/mol. The molecule has 35 heavy (non-hydrogen) atoms. The van der Waals surface area contributed by atoms with E-state index in [-0.39, 0.29) is 5.63 Å². The molecule has 0 saturated heterocycles. The largest absolute Gasteiger partial charge is 0.422 e. The van der Waals surface area contributed by atoms with E-state index in [1.807, 2.05) is 37.3 Å². The van der Waals surface area contributed by atoms with Crippen molar-refractivity contribution in [1.29, 1.82) is 0 Å². The first kappa shape index (κ1) is 19.8. The number of rotatable bonds is 2. The van der Waals surface area contributed by atoms with Crippen LogP contribution in [0.3, 0.4) is 0 Å². The summed E-state index contributed by atoms with van der Waals surface area (Å²) in [6.45, 7) is 1.98. The lowest BCUT2D eigenvalue weighted by Crippen LogP contribution is -2.00. The Morgan fingerprint density at radius 3 is 2.29 bits per heavy atom. The number of hydrogen-bond donors (Lipinski definition) is 0. The fourth-order valence-electron chi connectivity index (χ4n) is 5.33. The number of aromatic nitrogens is 1. The quantitative estimate of drug-likeness (QED) is 0.197. The summed E-state index contributed by atoms with van der Waals surface area (Å²) in [5.74, 6) is 0. The van der Waals surface area contributed by atoms with Gasteiger partial charge in [-0.25, -0.2) is 4.79 Å². The van der Waals surface area contributed by atoms with Crippen LogP contribution < -0.4 is 5.63 Å². The lowest BCUT2D eigenvalue weighted by atomic mass is 9.97. The van der Waals surface area contributed by atoms with Gasteiger partial charge in [0.2, 0.25) is 0 Å². The summed E-state index contributed by atoms with van der Waals surface area (Å²) in [5.41, 5.74) is 6.92. The van der Waals surface area contributed by atoms with Gasteiger partial charge in [-0.3, -0.25) is 0 Å². The van der Waals surface area contributed by atoms with Gasteiger partial charge in [0.25, 0.3) is 0 Å². The van der Waals surface area contributed by atoms with E-state index in [0.717, 1.165) is 44.2 Å². The van der Waals surface area contributed by atoms with Crippen molar-refractivity contribution in [3.05, 3.63) is 125 Å². The molecule has 5 aromatic carbocycles. The molecule has 0 unspecified atom stereocenters. The molecule has 0 spiro atoms. The minimum Gasteiger partial charge on any atom is -0.422 e. The molecule has 0 aliphatic carbocycles. The molecular weight excluding hydrogens is 430 g/mol. The Kier molecular flexibility index (Phi) is 4.21. The minimum atomic E-state index is -0.299. The first-order valence-electron chi connectivity index (χ1n) is 11.7. The number of benzene rings is 5. The molecule has 3 heteroatoms. The van der Waals surface area contributed by atoms with Gasteiger partial charge in [-0.2, -0.15) is 0 Å². The molecule has 2 aromatic heterocycles. The maximum Gasteiger partial charge on any atom is 0.344 e. The lowest BCUT2D eigenvalue weighted by molar-refractivity contribution is 0.570. The van der Waals surface area contributed by atoms with Gasteiger partial charge in [-0.1, -0.05) is 72.3 Å². The van der Waals surface area contributed by atoms with E-state index in [4.69, 9.17) is 4.42 Å². The van der Waals surface area contributed by atoms with Crippen LogP contribution in [-0.2, 0) is 0 Å². The molecule has 0 N–H and O–H groups in total. The van der Waals surface area contributed by atoms with Crippen LogP contribution in [0.15, 0.2) is 118 Å². The van der Waals surface area contributed by atoms with Gasteiger partial charge >= 0.3 is 5.63 Å². The van der Waals surface area contributed by atoms with E-state index in [2.05, 4.69) is 83.4 Å². The fourth-order valence-corrected chi connectivity index (χ4v) is 5.33. The van der Waals surface area contributed by atoms with Crippen molar-refractivity contribution in [2.45, 2.75) is 6.92 Å². The smallest absolute Gasteiger partial charge is 0.344 e. The highest BCUT2D eigenvalue weighted by Gasteiger charge is 2.16. The summed E-state index contributed by atoms with van der Waals surface area (Å²) in [6.07, 6.45) is 0. The molecule has 0 radical (unpaired) electrons. The molecule has 0 atom stereocenters. The maximum absolute atomic E-state index is 12.8. The third-order valence-electron chi connectivity index (χ3n) is 6.89. The summed E-state index contributed by atoms with van der Waals surface area (Å²) >= 11 is 0. The highest BCUT2D eigenvalue weighted by Crippen LogP contribution is 2.39. The zero-order valence-corrected chi connectivity index (χ0v) is 19.2. The zero-order chi connectivity index (χ0) is 23.5. The molecule has 7 aromatic rings. The predicted molar refractivity (Wildman–Crippen MR) is 145 cm³/mol. The van der Waals surface area contributed by atoms with Crippen LogP contribution in [0.1, 0.15) is 5.56 Å². The molecule has 0 fully saturated rings. The number of fused-ring (bicyclic) bond motifs is 6. The summed E-state index contributed by atoms with van der Waals surface area (Å²) in [5, 5.41) is 4.87. The van der Waals surface area contributed by atoms with Crippen molar-refractivity contribution in [2.24, 2.45) is 0 Å². The molecule has 2 heterocycles. The first-order chi connectivity index (χ1) is 17.2. The Labute approximate surface area is 201 Å². The van der Waals surface area contributed by atoms with Gasteiger partial charge < -0.3 is 8.98 Å². The zero-order valence-electron chi connectivity index (χ0n) is 19.2. The van der Waals surface area contributed by atoms with E-state index in [1.54, 1.807) is 0 Å². The Hall–Kier alpha value is -4.63. The van der Waals surface area contributed by atoms with Crippen molar-refractivity contribution in [2.75, 3.05) is 0 Å². The van der Waals surface area contributed by atoms with Gasteiger partial charge in [0.05, 0.1) is 16.4 Å². The Balaban J connectivity index is 1.54. The second-order valence-electron chi connectivity index (χ2n) is 9.04. The average Bonchev–Trinajstić information content (AvgIpc) is 3.24. The number of hydrogen-bond acceptors (Lipinski definition) is 2. The van der Waals surface area contributed by atoms with Gasteiger partial charge in [-0.15, -0.1) is 0 Å². The maximum atomic E-state index is 12.8. The topological polar surface area (TPSA) is 35.1 Å². The van der Waals surface area contributed by atoms with Crippen LogP contribution in [0.2, 0.25) is 0 Å². The molecule has 3 nitrogen and oxygen atoms in total. The molecule has 7 rings (SSSR count). The standard InChI is InChI=1S/C32H21NO2/c1-20-14-16-24-25-17-15-21(19-30(25)35-32(34)27(24)18-20)23-11-7-13-29-31(23)26-10-5-6-12-28(26)33(29)22-8-3-2-4-9-22/h2-19H,1H3. The molecule has 0 aliphatic rings. The van der Waals surface area contributed by atoms with E-state index in [0.29, 0.717) is 11.0 Å². The first-order valence-corrected chi connectivity index (χ1v) is 11.7. The van der Waals surface area contributed by atoms with Crippen LogP contribution in [0.5, 0.6) is 0 Å². The van der Waals surface area contributed by atoms with Crippen LogP contribution in [-0.4, -0.2) is 4.57 Å². The summed E-state index contributed by atoms with van der Waals surface area (Å²) in [4.78, 5) is 12.8. The third kappa shape index (κ3) is 2.95. The van der Waals surface area contributed by atoms with Gasteiger partial charge in [0.1, 0.15) is 5.58 Å². The molecule has 0 aliphatic heterocycles. The van der Waals surface area contributed by atoms with Crippen molar-refractivity contribution in [3.63, 3.8) is 0 Å². The molecule has 166 valence electrons. The van der Waals surface area contributed by atoms with Crippen molar-refractivity contribution in [1.82, 2.24) is 4.57 Å². The highest BCUT2D eigenvalue weighted by atomic mass is 16.4. The predicted octanol–water partition coefficient (Wildman–Crippen LogP) is 8.02. The number of nitrogens with zero attached hydrogens (tertiary/aromatic N) is 1. The normalized spacial score (nSPS) is 11.7. The second-order valence-corrected chi connectivity index (χ2v) is 9.04. The van der Waals surface area contributed by atoms with E-state index in [1.165, 1.54) is 10.8 Å². The highest BCUT2D eigenvalue weighted by molar-refractivity contribution is 6.16. The van der Waals surface area contributed by atoms with Crippen LogP contribution in [0.4, 0.5) is 0 Å². The van der Waals surface area contributed by atoms with E-state index >= 15 is 0 Å². The number of para-hydroxylation sites is 2. The van der Waals surface area contributed by atoms with Crippen molar-refractivity contribution in [3.8, 4) is 16.8 Å². The molecular formula is C32H21NO2. The van der Waals surface area contributed by atoms with Crippen LogP contribution >= 0.6 is 0 Å². The van der Waals surface area contributed by atoms with Crippen molar-refractivity contribution >= 4 is 43.5 Å². The van der Waals surface area contributed by atoms with Gasteiger partial charge in [-0.05, 0) is 65.9 Å². The molecule has 0 saturated carbocycles. The molecule has 0 bridgehead atoms. The van der Waals surface area contributed by atoms with E-state index in [9.17, 15) is 4.79 Å². The Morgan fingerprint density at radius 1 is 0.629 bits per heavy atom. The minimum absolute atomic E-state index is 0.299. The lowest BCUT2D eigenvalue weighted by Gasteiger charge is -2.09. The Morgan fingerprint density at radius 2 is 1.40 bits per heavy atom. The fraction of sp³-hybridized carbons (Fsp3) is 0.0312. The summed E-state index contributed by atoms with van der Waals surface area (Å²) in [6, 6.07) is 37.5. The average molecular weight is 452 g/mol. The SMILES string of the molecule is Cc1ccc2c(c1)c(=O)oc1cc(-c3cccc4c3c3ccccc3n4-c3ccccc3)ccc12. The van der Waals surface area contributed by atoms with Gasteiger partial charge in [0.15, 0.2) is 0 Å². The number of aryl methyl sites for hydroxylation is 1. The van der Waals surface area contributed by atoms with Gasteiger partial charge in [0, 0.05) is 21.8 Å². The van der Waals surface area contributed by atoms with Crippen LogP contribution in [0.25, 0.3) is 60.4 Å². The third-order valence-corrected chi connectivity index (χ3v) is 6.89. The van der Waals surface area contributed by atoms with Crippen LogP contribution in [0, 0.1) is 6.92 Å². The molecule has 0 amide bonds. The summed E-state index contributed by atoms with van der Waals surface area (Å²) in [7, 11) is 0. The summed E-state index contributed by atoms with van der Waals surface area (Å²) < 4.78 is 8.12. The second kappa shape index (κ2) is 7.44. The van der Waals surface area contributed by atoms with Crippen molar-refractivity contribution < 1.29 is 4.42 Å². The van der Waals surface area contributed by atoms with E-state index < -0.39 is 0 Å². The Bertz CT molecular complexity index is 1980.